The number of anilines is 2. The van der Waals surface area contributed by atoms with Crippen LogP contribution in [0.25, 0.3) is 10.9 Å². The number of nitrogens with two attached hydrogens (primary N) is 1. The molecule has 52 heavy (non-hydrogen) atoms. The van der Waals surface area contributed by atoms with Crippen LogP contribution in [0.4, 0.5) is 24.8 Å². The van der Waals surface area contributed by atoms with Crippen LogP contribution in [0.1, 0.15) is 56.3 Å². The summed E-state index contributed by atoms with van der Waals surface area (Å²) in [5.41, 5.74) is 6.47. The van der Waals surface area contributed by atoms with Crippen molar-refractivity contribution in [1.82, 2.24) is 24.8 Å². The van der Waals surface area contributed by atoms with Crippen molar-refractivity contribution in [2.24, 2.45) is 5.92 Å². The molecule has 0 saturated carbocycles. The SMILES string of the molecule is C#CC1=C(F)C=CC2=CC(O)=CC(c3nc4c5c(nc(OC[C@@]67CCCN6C[C@H](F)C7)nc5c3F)N([C@H](C)c3cccnc3N)[C@@H](C(C)O)CO4)C21. The van der Waals surface area contributed by atoms with Gasteiger partial charge in [-0.2, -0.15) is 9.97 Å². The number of hydrogen-bond acceptors (Lipinski definition) is 11. The maximum atomic E-state index is 17.3. The Bertz CT molecular complexity index is 2130. The molecule has 6 heterocycles. The van der Waals surface area contributed by atoms with Crippen LogP contribution in [0.15, 0.2) is 65.4 Å². The molecule has 0 aromatic carbocycles. The molecule has 0 amide bonds. The lowest BCUT2D eigenvalue weighted by Gasteiger charge is -2.38. The molecule has 8 rings (SSSR count). The van der Waals surface area contributed by atoms with E-state index in [-0.39, 0.29) is 64.7 Å². The lowest BCUT2D eigenvalue weighted by molar-refractivity contribution is 0.107. The van der Waals surface area contributed by atoms with Crippen LogP contribution in [0.3, 0.4) is 0 Å². The predicted molar refractivity (Wildman–Crippen MR) is 187 cm³/mol. The van der Waals surface area contributed by atoms with Crippen molar-refractivity contribution in [3.05, 3.63) is 82.4 Å². The number of aliphatic hydroxyl groups is 2. The minimum atomic E-state index is -1.05. The van der Waals surface area contributed by atoms with Crippen LogP contribution < -0.4 is 20.1 Å². The molecule has 0 spiro atoms. The van der Waals surface area contributed by atoms with Gasteiger partial charge < -0.3 is 30.3 Å². The maximum Gasteiger partial charge on any atom is 0.319 e. The van der Waals surface area contributed by atoms with Crippen LogP contribution in [0, 0.1) is 24.1 Å². The van der Waals surface area contributed by atoms with Gasteiger partial charge in [0.2, 0.25) is 5.88 Å². The number of terminal acetylenes is 1. The third-order valence-electron chi connectivity index (χ3n) is 11.1. The lowest BCUT2D eigenvalue weighted by atomic mass is 9.73. The number of pyridine rings is 2. The lowest BCUT2D eigenvalue weighted by Crippen LogP contribution is -2.47. The molecule has 0 radical (unpaired) electrons. The first kappa shape index (κ1) is 34.0. The third kappa shape index (κ3) is 5.45. The van der Waals surface area contributed by atoms with Crippen molar-refractivity contribution < 1.29 is 32.9 Å². The molecule has 270 valence electrons. The van der Waals surface area contributed by atoms with Crippen molar-refractivity contribution in [2.75, 3.05) is 36.9 Å². The van der Waals surface area contributed by atoms with Crippen LogP contribution in [-0.2, 0) is 0 Å². The van der Waals surface area contributed by atoms with E-state index >= 15 is 8.78 Å². The molecule has 2 aliphatic carbocycles. The minimum Gasteiger partial charge on any atom is -0.508 e. The Labute approximate surface area is 298 Å². The Hall–Kier alpha value is -5.13. The van der Waals surface area contributed by atoms with Gasteiger partial charge in [0.05, 0.1) is 29.4 Å². The number of allylic oxidation sites excluding steroid dienone is 7. The second-order valence-corrected chi connectivity index (χ2v) is 14.2. The average Bonchev–Trinajstić information content (AvgIpc) is 3.59. The van der Waals surface area contributed by atoms with E-state index in [1.807, 2.05) is 6.92 Å². The molecule has 2 fully saturated rings. The summed E-state index contributed by atoms with van der Waals surface area (Å²) in [5.74, 6) is -0.843. The monoisotopic (exact) mass is 713 g/mol. The van der Waals surface area contributed by atoms with Crippen molar-refractivity contribution in [3.8, 4) is 24.2 Å². The number of hydrogen-bond donors (Lipinski definition) is 3. The van der Waals surface area contributed by atoms with E-state index in [0.29, 0.717) is 24.1 Å². The number of halogens is 3. The predicted octanol–water partition coefficient (Wildman–Crippen LogP) is 5.31. The van der Waals surface area contributed by atoms with Crippen molar-refractivity contribution in [3.63, 3.8) is 0 Å². The highest BCUT2D eigenvalue weighted by Crippen LogP contribution is 2.49. The van der Waals surface area contributed by atoms with Gasteiger partial charge >= 0.3 is 6.01 Å². The van der Waals surface area contributed by atoms with Gasteiger partial charge in [-0.25, -0.2) is 23.1 Å². The topological polar surface area (TPSA) is 143 Å². The van der Waals surface area contributed by atoms with Crippen LogP contribution in [0.2, 0.25) is 0 Å². The maximum absolute atomic E-state index is 17.3. The number of aromatic nitrogens is 4. The number of rotatable bonds is 7. The largest absolute Gasteiger partial charge is 0.508 e. The highest BCUT2D eigenvalue weighted by molar-refractivity contribution is 5.95. The zero-order valence-electron chi connectivity index (χ0n) is 28.6. The van der Waals surface area contributed by atoms with Gasteiger partial charge in [0.25, 0.3) is 0 Å². The summed E-state index contributed by atoms with van der Waals surface area (Å²) in [6, 6.07) is 2.04. The van der Waals surface area contributed by atoms with Crippen LogP contribution >= 0.6 is 0 Å². The third-order valence-corrected chi connectivity index (χ3v) is 11.1. The van der Waals surface area contributed by atoms with E-state index in [2.05, 4.69) is 25.8 Å². The second-order valence-electron chi connectivity index (χ2n) is 14.2. The first-order chi connectivity index (χ1) is 25.0. The van der Waals surface area contributed by atoms with Gasteiger partial charge in [-0.1, -0.05) is 18.1 Å². The number of nitrogens with zero attached hydrogens (tertiary/aromatic N) is 6. The summed E-state index contributed by atoms with van der Waals surface area (Å²) in [7, 11) is 0. The van der Waals surface area contributed by atoms with E-state index < -0.39 is 53.4 Å². The Morgan fingerprint density at radius 2 is 2.06 bits per heavy atom. The van der Waals surface area contributed by atoms with Gasteiger partial charge in [-0.3, -0.25) is 4.90 Å². The van der Waals surface area contributed by atoms with E-state index in [1.165, 1.54) is 24.3 Å². The van der Waals surface area contributed by atoms with Crippen LogP contribution in [0.5, 0.6) is 11.9 Å². The molecule has 3 aliphatic heterocycles. The zero-order valence-corrected chi connectivity index (χ0v) is 28.6. The molecule has 5 aliphatic rings. The zero-order chi connectivity index (χ0) is 36.5. The fourth-order valence-electron chi connectivity index (χ4n) is 8.62. The Morgan fingerprint density at radius 3 is 2.83 bits per heavy atom. The number of aliphatic hydroxyl groups excluding tert-OH is 2. The van der Waals surface area contributed by atoms with E-state index in [1.54, 1.807) is 30.2 Å². The van der Waals surface area contributed by atoms with E-state index in [4.69, 9.17) is 26.6 Å². The van der Waals surface area contributed by atoms with Crippen molar-refractivity contribution in [1.29, 1.82) is 0 Å². The molecule has 11 nitrogen and oxygen atoms in total. The second kappa shape index (κ2) is 12.8. The fraction of sp³-hybridized carbons (Fsp3) is 0.421. The van der Waals surface area contributed by atoms with E-state index in [9.17, 15) is 14.6 Å². The van der Waals surface area contributed by atoms with E-state index in [0.717, 1.165) is 19.4 Å². The van der Waals surface area contributed by atoms with Crippen molar-refractivity contribution >= 4 is 22.5 Å². The summed E-state index contributed by atoms with van der Waals surface area (Å²) in [5, 5.41) is 22.0. The van der Waals surface area contributed by atoms with Crippen molar-refractivity contribution in [2.45, 2.75) is 68.9 Å². The summed E-state index contributed by atoms with van der Waals surface area (Å²) in [6.45, 7) is 4.49. The molecule has 14 heteroatoms. The van der Waals surface area contributed by atoms with Gasteiger partial charge in [0, 0.05) is 42.1 Å². The molecule has 7 atom stereocenters. The number of alkyl halides is 1. The number of nitrogen functional groups attached to an aromatic ring is 1. The summed E-state index contributed by atoms with van der Waals surface area (Å²) in [6.07, 6.45) is 12.8. The molecule has 2 saturated heterocycles. The first-order valence-electron chi connectivity index (χ1n) is 17.4. The number of ether oxygens (including phenoxy) is 2. The fourth-order valence-corrected chi connectivity index (χ4v) is 8.62. The summed E-state index contributed by atoms with van der Waals surface area (Å²) >= 11 is 0. The summed E-state index contributed by atoms with van der Waals surface area (Å²) < 4.78 is 59.7. The van der Waals surface area contributed by atoms with Gasteiger partial charge in [0.1, 0.15) is 53.5 Å². The molecule has 4 N–H and O–H groups in total. The molecule has 0 bridgehead atoms. The van der Waals surface area contributed by atoms with Crippen LogP contribution in [-0.4, -0.2) is 85.2 Å². The average molecular weight is 714 g/mol. The Morgan fingerprint density at radius 1 is 1.23 bits per heavy atom. The molecular formula is C38H38F3N7O4. The highest BCUT2D eigenvalue weighted by Gasteiger charge is 2.50. The molecular weight excluding hydrogens is 675 g/mol. The Kier molecular flexibility index (Phi) is 8.38. The normalized spacial score (nSPS) is 28.0. The first-order valence-corrected chi connectivity index (χ1v) is 17.4. The Balaban J connectivity index is 1.33. The van der Waals surface area contributed by atoms with Gasteiger partial charge in [0.15, 0.2) is 5.82 Å². The van der Waals surface area contributed by atoms with Gasteiger partial charge in [-0.15, -0.1) is 6.42 Å². The summed E-state index contributed by atoms with van der Waals surface area (Å²) in [4.78, 5) is 22.2. The van der Waals surface area contributed by atoms with Gasteiger partial charge in [-0.05, 0) is 63.1 Å². The highest BCUT2D eigenvalue weighted by atomic mass is 19.1. The minimum absolute atomic E-state index is 0.0192. The standard InChI is InChI=1S/C38H38F3N7O4/c1-4-24-27(40)9-8-21-13-23(50)14-26(29(21)24)32-31(41)33-30-35(46-37(45-33)52-18-38-10-6-12-47(38)16-22(39)15-38)48(19(2)25-7-5-11-43-34(25)42)28(20(3)49)17-51-36(30)44-32/h1,5,7-9,11,13-14,19-20,22,26,28-29,49-50H,6,10,12,15-18H2,2-3H3,(H2,42,43)/t19-,20?,22-,26?,28-,29?,38+/m1/s1. The molecule has 3 unspecified atom stereocenters. The quantitative estimate of drug-likeness (QED) is 0.274. The smallest absolute Gasteiger partial charge is 0.319 e. The molecule has 3 aromatic heterocycles. The molecule has 3 aromatic rings. The number of fused-ring (bicyclic) bond motifs is 2.